The lowest BCUT2D eigenvalue weighted by atomic mass is 9.64. The molecule has 1 spiro atoms. The Labute approximate surface area is 284 Å². The van der Waals surface area contributed by atoms with Gasteiger partial charge in [0.25, 0.3) is 0 Å². The van der Waals surface area contributed by atoms with Crippen molar-refractivity contribution in [3.8, 4) is 33.8 Å². The Morgan fingerprint density at radius 3 is 1.86 bits per heavy atom. The fraction of sp³-hybridized carbons (Fsp3) is 0.0870. The van der Waals surface area contributed by atoms with Crippen molar-refractivity contribution in [2.45, 2.75) is 24.7 Å². The Morgan fingerprint density at radius 2 is 1.08 bits per heavy atom. The third-order valence-electron chi connectivity index (χ3n) is 11.5. The van der Waals surface area contributed by atoms with Crippen LogP contribution in [0.25, 0.3) is 44.5 Å². The molecule has 0 radical (unpaired) electrons. The molecule has 0 atom stereocenters. The van der Waals surface area contributed by atoms with E-state index in [1.165, 1.54) is 61.0 Å². The van der Waals surface area contributed by atoms with Crippen molar-refractivity contribution in [2.75, 3.05) is 4.90 Å². The van der Waals surface area contributed by atoms with Gasteiger partial charge in [-0.15, -0.1) is 0 Å². The van der Waals surface area contributed by atoms with E-state index in [0.717, 1.165) is 34.0 Å². The van der Waals surface area contributed by atoms with Crippen LogP contribution in [0, 0.1) is 0 Å². The SMILES string of the molecule is CC1(C)c2ccccc2-c2cc3c(cc21)N(c1ccc(-c2ccccc2)c2ccccc12)c1ccccc1C31c2ccoc2-c2occc21. The summed E-state index contributed by atoms with van der Waals surface area (Å²) in [6.45, 7) is 4.73. The molecule has 0 fully saturated rings. The van der Waals surface area contributed by atoms with Gasteiger partial charge >= 0.3 is 0 Å². The predicted octanol–water partition coefficient (Wildman–Crippen LogP) is 12.1. The van der Waals surface area contributed by atoms with E-state index >= 15 is 0 Å². The molecular formula is C46H31NO2. The number of para-hydroxylation sites is 1. The summed E-state index contributed by atoms with van der Waals surface area (Å²) in [7, 11) is 0. The van der Waals surface area contributed by atoms with Gasteiger partial charge in [0.2, 0.25) is 0 Å². The van der Waals surface area contributed by atoms with Crippen LogP contribution >= 0.6 is 0 Å². The Kier molecular flexibility index (Phi) is 5.11. The molecule has 232 valence electrons. The number of hydrogen-bond acceptors (Lipinski definition) is 3. The number of nitrogens with zero attached hydrogens (tertiary/aromatic N) is 1. The molecule has 0 saturated carbocycles. The van der Waals surface area contributed by atoms with E-state index < -0.39 is 5.41 Å². The molecule has 0 amide bonds. The highest BCUT2D eigenvalue weighted by atomic mass is 16.4. The summed E-state index contributed by atoms with van der Waals surface area (Å²) in [4.78, 5) is 2.52. The lowest BCUT2D eigenvalue weighted by Crippen LogP contribution is -2.36. The van der Waals surface area contributed by atoms with Crippen molar-refractivity contribution in [1.82, 2.24) is 0 Å². The van der Waals surface area contributed by atoms with Crippen molar-refractivity contribution in [1.29, 1.82) is 0 Å². The van der Waals surface area contributed by atoms with Gasteiger partial charge in [-0.3, -0.25) is 0 Å². The summed E-state index contributed by atoms with van der Waals surface area (Å²) in [5, 5.41) is 2.44. The first kappa shape index (κ1) is 26.9. The summed E-state index contributed by atoms with van der Waals surface area (Å²) >= 11 is 0. The summed E-state index contributed by atoms with van der Waals surface area (Å²) in [5.74, 6) is 1.63. The molecule has 0 bridgehead atoms. The van der Waals surface area contributed by atoms with Gasteiger partial charge < -0.3 is 13.7 Å². The van der Waals surface area contributed by atoms with Crippen LogP contribution in [0.15, 0.2) is 161 Å². The van der Waals surface area contributed by atoms with Crippen LogP contribution in [-0.2, 0) is 10.8 Å². The predicted molar refractivity (Wildman–Crippen MR) is 197 cm³/mol. The first-order chi connectivity index (χ1) is 24.1. The highest BCUT2D eigenvalue weighted by Crippen LogP contribution is 2.66. The van der Waals surface area contributed by atoms with E-state index in [9.17, 15) is 0 Å². The maximum absolute atomic E-state index is 6.22. The molecule has 2 aromatic heterocycles. The number of rotatable bonds is 2. The van der Waals surface area contributed by atoms with Crippen molar-refractivity contribution >= 4 is 27.8 Å². The van der Waals surface area contributed by atoms with Gasteiger partial charge in [-0.2, -0.15) is 0 Å². The van der Waals surface area contributed by atoms with Crippen LogP contribution in [0.2, 0.25) is 0 Å². The van der Waals surface area contributed by atoms with E-state index in [4.69, 9.17) is 8.83 Å². The second kappa shape index (κ2) is 9.30. The molecule has 3 nitrogen and oxygen atoms in total. The van der Waals surface area contributed by atoms with Gasteiger partial charge in [0.1, 0.15) is 0 Å². The van der Waals surface area contributed by atoms with Crippen molar-refractivity contribution in [3.05, 3.63) is 185 Å². The molecule has 11 rings (SSSR count). The molecule has 8 aromatic rings. The van der Waals surface area contributed by atoms with Gasteiger partial charge in [-0.05, 0) is 86.3 Å². The Morgan fingerprint density at radius 1 is 0.429 bits per heavy atom. The maximum Gasteiger partial charge on any atom is 0.174 e. The minimum absolute atomic E-state index is 0.159. The van der Waals surface area contributed by atoms with Crippen LogP contribution in [0.5, 0.6) is 0 Å². The monoisotopic (exact) mass is 629 g/mol. The largest absolute Gasteiger partial charge is 0.461 e. The van der Waals surface area contributed by atoms with Gasteiger partial charge in [0.15, 0.2) is 11.5 Å². The zero-order valence-electron chi connectivity index (χ0n) is 27.2. The summed E-state index contributed by atoms with van der Waals surface area (Å²) in [6, 6.07) is 51.3. The average Bonchev–Trinajstić information content (AvgIpc) is 3.92. The fourth-order valence-corrected chi connectivity index (χ4v) is 9.38. The number of anilines is 3. The Balaban J connectivity index is 1.28. The Hall–Kier alpha value is -6.06. The van der Waals surface area contributed by atoms with Gasteiger partial charge in [0.05, 0.1) is 35.0 Å². The Bertz CT molecular complexity index is 2610. The molecule has 6 aromatic carbocycles. The summed E-state index contributed by atoms with van der Waals surface area (Å²) in [6.07, 6.45) is 3.63. The highest BCUT2D eigenvalue weighted by molar-refractivity contribution is 6.08. The lowest BCUT2D eigenvalue weighted by Gasteiger charge is -2.45. The molecule has 1 aliphatic heterocycles. The second-order valence-corrected chi connectivity index (χ2v) is 14.1. The van der Waals surface area contributed by atoms with E-state index in [-0.39, 0.29) is 5.41 Å². The molecule has 0 saturated heterocycles. The average molecular weight is 630 g/mol. The third-order valence-corrected chi connectivity index (χ3v) is 11.5. The summed E-state index contributed by atoms with van der Waals surface area (Å²) in [5.41, 5.74) is 15.2. The molecular weight excluding hydrogens is 599 g/mol. The fourth-order valence-electron chi connectivity index (χ4n) is 9.38. The zero-order chi connectivity index (χ0) is 32.5. The van der Waals surface area contributed by atoms with E-state index in [1.807, 2.05) is 12.5 Å². The molecule has 49 heavy (non-hydrogen) atoms. The van der Waals surface area contributed by atoms with Crippen LogP contribution in [-0.4, -0.2) is 0 Å². The minimum atomic E-state index is -0.608. The second-order valence-electron chi connectivity index (χ2n) is 14.1. The summed E-state index contributed by atoms with van der Waals surface area (Å²) < 4.78 is 12.4. The van der Waals surface area contributed by atoms with Gasteiger partial charge in [-0.25, -0.2) is 0 Å². The molecule has 3 heteroatoms. The molecule has 2 aliphatic carbocycles. The molecule has 0 N–H and O–H groups in total. The number of furan rings is 2. The smallest absolute Gasteiger partial charge is 0.174 e. The van der Waals surface area contributed by atoms with Crippen molar-refractivity contribution in [3.63, 3.8) is 0 Å². The zero-order valence-corrected chi connectivity index (χ0v) is 27.2. The van der Waals surface area contributed by atoms with Crippen LogP contribution in [0.1, 0.15) is 47.2 Å². The molecule has 3 aliphatic rings. The third kappa shape index (κ3) is 3.23. The van der Waals surface area contributed by atoms with Gasteiger partial charge in [-0.1, -0.05) is 117 Å². The maximum atomic E-state index is 6.22. The number of hydrogen-bond donors (Lipinski definition) is 0. The molecule has 3 heterocycles. The highest BCUT2D eigenvalue weighted by Gasteiger charge is 2.55. The van der Waals surface area contributed by atoms with Crippen LogP contribution in [0.3, 0.4) is 0 Å². The van der Waals surface area contributed by atoms with E-state index in [0.29, 0.717) is 0 Å². The normalized spacial score (nSPS) is 15.4. The minimum Gasteiger partial charge on any atom is -0.461 e. The van der Waals surface area contributed by atoms with Crippen molar-refractivity contribution < 1.29 is 8.83 Å². The quantitative estimate of drug-likeness (QED) is 0.191. The van der Waals surface area contributed by atoms with Crippen molar-refractivity contribution in [2.24, 2.45) is 0 Å². The first-order valence-corrected chi connectivity index (χ1v) is 17.0. The van der Waals surface area contributed by atoms with E-state index in [1.54, 1.807) is 0 Å². The van der Waals surface area contributed by atoms with Crippen LogP contribution < -0.4 is 4.90 Å². The number of fused-ring (bicyclic) bond motifs is 13. The first-order valence-electron chi connectivity index (χ1n) is 17.0. The standard InChI is InChI=1S/C46H31NO2/c1-45(2)34-17-9-8-15-31(34)33-26-39-42(27-38(33)45)47(40-21-20-29(28-12-4-3-5-13-28)30-14-6-7-16-32(30)40)41-19-11-10-18-35(41)46(39)36-22-24-48-43(36)44-37(46)23-25-49-44/h3-27H,1-2H3. The van der Waals surface area contributed by atoms with E-state index in [2.05, 4.69) is 158 Å². The number of benzene rings is 6. The topological polar surface area (TPSA) is 29.5 Å². The molecule has 0 unspecified atom stereocenters. The van der Waals surface area contributed by atoms with Gasteiger partial charge in [0, 0.05) is 21.9 Å². The van der Waals surface area contributed by atoms with Crippen LogP contribution in [0.4, 0.5) is 17.1 Å². The lowest BCUT2D eigenvalue weighted by molar-refractivity contribution is 0.525.